The maximum Gasteiger partial charge on any atom is 0.339 e. The third-order valence-electron chi connectivity index (χ3n) is 4.67. The molecule has 1 amide bonds. The monoisotopic (exact) mass is 506 g/mol. The van der Waals surface area contributed by atoms with E-state index in [4.69, 9.17) is 4.74 Å². The largest absolute Gasteiger partial charge is 0.452 e. The van der Waals surface area contributed by atoms with Crippen LogP contribution in [0.15, 0.2) is 77.5 Å². The van der Waals surface area contributed by atoms with Crippen LogP contribution in [0.2, 0.25) is 0 Å². The van der Waals surface area contributed by atoms with Crippen LogP contribution in [0.25, 0.3) is 22.2 Å². The average Bonchev–Trinajstić information content (AvgIpc) is 2.83. The zero-order chi connectivity index (χ0) is 23.4. The number of nitro groups is 1. The van der Waals surface area contributed by atoms with Gasteiger partial charge in [0.2, 0.25) is 0 Å². The number of aromatic nitrogens is 2. The van der Waals surface area contributed by atoms with Gasteiger partial charge in [0.15, 0.2) is 6.61 Å². The number of ether oxygens (including phenoxy) is 1. The van der Waals surface area contributed by atoms with Crippen LogP contribution >= 0.6 is 15.9 Å². The summed E-state index contributed by atoms with van der Waals surface area (Å²) in [5, 5.41) is 14.0. The summed E-state index contributed by atoms with van der Waals surface area (Å²) < 4.78 is 5.58. The van der Waals surface area contributed by atoms with Crippen LogP contribution in [0.4, 0.5) is 11.4 Å². The van der Waals surface area contributed by atoms with Crippen molar-refractivity contribution in [1.82, 2.24) is 9.97 Å². The normalized spacial score (nSPS) is 10.6. The van der Waals surface area contributed by atoms with Gasteiger partial charge in [0.1, 0.15) is 0 Å². The number of non-ortho nitro benzene ring substituents is 1. The Morgan fingerprint density at radius 2 is 1.91 bits per heavy atom. The van der Waals surface area contributed by atoms with Gasteiger partial charge in [0.05, 0.1) is 27.4 Å². The van der Waals surface area contributed by atoms with Gasteiger partial charge in [-0.25, -0.2) is 9.78 Å². The number of para-hydroxylation sites is 1. The second-order valence-electron chi connectivity index (χ2n) is 6.86. The molecule has 0 aliphatic carbocycles. The Balaban J connectivity index is 1.52. The van der Waals surface area contributed by atoms with Crippen LogP contribution in [0.5, 0.6) is 0 Å². The number of amides is 1. The van der Waals surface area contributed by atoms with E-state index in [2.05, 4.69) is 31.2 Å². The van der Waals surface area contributed by atoms with Crippen molar-refractivity contribution in [2.24, 2.45) is 0 Å². The minimum atomic E-state index is -0.684. The molecular formula is C23H15BrN4O5. The highest BCUT2D eigenvalue weighted by molar-refractivity contribution is 9.10. The van der Waals surface area contributed by atoms with Crippen LogP contribution in [0.3, 0.4) is 0 Å². The second kappa shape index (κ2) is 9.53. The summed E-state index contributed by atoms with van der Waals surface area (Å²) in [7, 11) is 0. The van der Waals surface area contributed by atoms with Gasteiger partial charge in [-0.05, 0) is 46.3 Å². The van der Waals surface area contributed by atoms with Crippen LogP contribution in [0.1, 0.15) is 10.4 Å². The molecule has 0 unspecified atom stereocenters. The van der Waals surface area contributed by atoms with E-state index in [0.717, 1.165) is 5.56 Å². The maximum atomic E-state index is 12.9. The maximum absolute atomic E-state index is 12.9. The smallest absolute Gasteiger partial charge is 0.339 e. The van der Waals surface area contributed by atoms with Crippen molar-refractivity contribution >= 4 is 50.1 Å². The fourth-order valence-corrected chi connectivity index (χ4v) is 3.59. The summed E-state index contributed by atoms with van der Waals surface area (Å²) >= 11 is 3.18. The molecule has 10 heteroatoms. The molecule has 0 aliphatic rings. The lowest BCUT2D eigenvalue weighted by molar-refractivity contribution is -0.384. The Morgan fingerprint density at radius 1 is 1.09 bits per heavy atom. The molecule has 0 saturated heterocycles. The zero-order valence-electron chi connectivity index (χ0n) is 16.9. The lowest BCUT2D eigenvalue weighted by Crippen LogP contribution is -2.21. The first-order chi connectivity index (χ1) is 15.9. The highest BCUT2D eigenvalue weighted by Crippen LogP contribution is 2.27. The molecule has 9 nitrogen and oxygen atoms in total. The SMILES string of the molecule is O=C(COC(=O)c1cc(-c2cccnc2)nc2ccccc12)Nc1ccc([N+](=O)[O-])cc1Br. The Hall–Kier alpha value is -4.18. The first-order valence-electron chi connectivity index (χ1n) is 9.63. The van der Waals surface area contributed by atoms with Crippen molar-refractivity contribution in [2.75, 3.05) is 11.9 Å². The predicted molar refractivity (Wildman–Crippen MR) is 125 cm³/mol. The highest BCUT2D eigenvalue weighted by Gasteiger charge is 2.17. The molecule has 4 rings (SSSR count). The first kappa shape index (κ1) is 22.0. The number of carbonyl (C=O) groups excluding carboxylic acids is 2. The number of anilines is 1. The highest BCUT2D eigenvalue weighted by atomic mass is 79.9. The van der Waals surface area contributed by atoms with E-state index < -0.39 is 23.4 Å². The molecule has 0 saturated carbocycles. The predicted octanol–water partition coefficient (Wildman–Crippen LogP) is 4.76. The van der Waals surface area contributed by atoms with Crippen molar-refractivity contribution < 1.29 is 19.2 Å². The molecular weight excluding hydrogens is 492 g/mol. The Labute approximate surface area is 195 Å². The van der Waals surface area contributed by atoms with Gasteiger partial charge in [-0.2, -0.15) is 0 Å². The summed E-state index contributed by atoms with van der Waals surface area (Å²) in [6.45, 7) is -0.541. The molecule has 0 spiro atoms. The van der Waals surface area contributed by atoms with E-state index in [1.165, 1.54) is 18.2 Å². The number of hydrogen-bond donors (Lipinski definition) is 1. The quantitative estimate of drug-likeness (QED) is 0.227. The Kier molecular flexibility index (Phi) is 6.36. The Morgan fingerprint density at radius 3 is 2.64 bits per heavy atom. The first-order valence-corrected chi connectivity index (χ1v) is 10.4. The molecule has 2 heterocycles. The van der Waals surface area contributed by atoms with Gasteiger partial charge in [-0.15, -0.1) is 0 Å². The lowest BCUT2D eigenvalue weighted by atomic mass is 10.1. The molecule has 0 atom stereocenters. The van der Waals surface area contributed by atoms with Gasteiger partial charge in [0, 0.05) is 39.9 Å². The minimum Gasteiger partial charge on any atom is -0.452 e. The van der Waals surface area contributed by atoms with Crippen molar-refractivity contribution in [3.63, 3.8) is 0 Å². The number of nitro benzene ring substituents is 1. The number of carbonyl (C=O) groups is 2. The number of nitrogens with one attached hydrogen (secondary N) is 1. The van der Waals surface area contributed by atoms with Crippen molar-refractivity contribution in [2.45, 2.75) is 0 Å². The van der Waals surface area contributed by atoms with Gasteiger partial charge in [-0.1, -0.05) is 18.2 Å². The van der Waals surface area contributed by atoms with E-state index in [-0.39, 0.29) is 11.3 Å². The van der Waals surface area contributed by atoms with E-state index in [9.17, 15) is 19.7 Å². The van der Waals surface area contributed by atoms with Crippen molar-refractivity contribution in [1.29, 1.82) is 0 Å². The van der Waals surface area contributed by atoms with E-state index >= 15 is 0 Å². The summed E-state index contributed by atoms with van der Waals surface area (Å²) in [6, 6.07) is 16.2. The number of fused-ring (bicyclic) bond motifs is 1. The standard InChI is InChI=1S/C23H15BrN4O5/c24-18-10-15(28(31)32)7-8-20(18)27-22(29)13-33-23(30)17-11-21(14-4-3-9-25-12-14)26-19-6-2-1-5-16(17)19/h1-12H,13H2,(H,27,29). The van der Waals surface area contributed by atoms with Crippen LogP contribution in [-0.2, 0) is 9.53 Å². The number of pyridine rings is 2. The van der Waals surface area contributed by atoms with E-state index in [1.54, 1.807) is 42.7 Å². The topological polar surface area (TPSA) is 124 Å². The molecule has 2 aromatic carbocycles. The number of halogens is 1. The van der Waals surface area contributed by atoms with Gasteiger partial charge < -0.3 is 10.1 Å². The lowest BCUT2D eigenvalue weighted by Gasteiger charge is -2.11. The third-order valence-corrected chi connectivity index (χ3v) is 5.32. The van der Waals surface area contributed by atoms with Crippen LogP contribution in [-0.4, -0.2) is 33.4 Å². The van der Waals surface area contributed by atoms with Gasteiger partial charge in [-0.3, -0.25) is 19.9 Å². The number of hydrogen-bond acceptors (Lipinski definition) is 7. The number of benzene rings is 2. The molecule has 0 bridgehead atoms. The fraction of sp³-hybridized carbons (Fsp3) is 0.0435. The average molecular weight is 507 g/mol. The van der Waals surface area contributed by atoms with Gasteiger partial charge >= 0.3 is 5.97 Å². The number of rotatable bonds is 6. The molecule has 0 radical (unpaired) electrons. The molecule has 4 aromatic rings. The molecule has 2 aromatic heterocycles. The molecule has 164 valence electrons. The van der Waals surface area contributed by atoms with Crippen molar-refractivity contribution in [3.05, 3.63) is 93.2 Å². The molecule has 0 fully saturated rings. The van der Waals surface area contributed by atoms with E-state index in [0.29, 0.717) is 26.8 Å². The van der Waals surface area contributed by atoms with Crippen LogP contribution in [0, 0.1) is 10.1 Å². The number of esters is 1. The molecule has 0 aliphatic heterocycles. The fourth-order valence-electron chi connectivity index (χ4n) is 3.12. The third kappa shape index (κ3) is 5.01. The summed E-state index contributed by atoms with van der Waals surface area (Å²) in [4.78, 5) is 44.1. The minimum absolute atomic E-state index is 0.125. The summed E-state index contributed by atoms with van der Waals surface area (Å²) in [5.41, 5.74) is 2.34. The van der Waals surface area contributed by atoms with Crippen molar-refractivity contribution in [3.8, 4) is 11.3 Å². The Bertz CT molecular complexity index is 1380. The molecule has 1 N–H and O–H groups in total. The van der Waals surface area contributed by atoms with E-state index in [1.807, 2.05) is 12.1 Å². The second-order valence-corrected chi connectivity index (χ2v) is 7.71. The van der Waals surface area contributed by atoms with Crippen LogP contribution < -0.4 is 5.32 Å². The zero-order valence-corrected chi connectivity index (χ0v) is 18.5. The summed E-state index contributed by atoms with van der Waals surface area (Å²) in [6.07, 6.45) is 3.28. The number of nitrogens with zero attached hydrogens (tertiary/aromatic N) is 3. The van der Waals surface area contributed by atoms with Gasteiger partial charge in [0.25, 0.3) is 11.6 Å². The molecule has 33 heavy (non-hydrogen) atoms. The summed E-state index contributed by atoms with van der Waals surface area (Å²) in [5.74, 6) is -1.28.